The van der Waals surface area contributed by atoms with E-state index in [1.165, 1.54) is 0 Å². The molecular weight excluding hydrogens is 470 g/mol. The van der Waals surface area contributed by atoms with Gasteiger partial charge in [-0.1, -0.05) is 0 Å². The summed E-state index contributed by atoms with van der Waals surface area (Å²) in [7, 11) is 3.78. The predicted molar refractivity (Wildman–Crippen MR) is 140 cm³/mol. The highest BCUT2D eigenvalue weighted by Gasteiger charge is 2.20. The zero-order valence-electron chi connectivity index (χ0n) is 21.2. The average Bonchev–Trinajstić information content (AvgIpc) is 2.94. The summed E-state index contributed by atoms with van der Waals surface area (Å²) in [5, 5.41) is 13.0. The van der Waals surface area contributed by atoms with Crippen LogP contribution in [0.3, 0.4) is 0 Å². The molecule has 2 aliphatic rings. The number of likely N-dealkylation sites (N-methyl/N-ethyl adjacent to an activating group) is 1. The molecule has 2 aliphatic heterocycles. The second-order valence-corrected chi connectivity index (χ2v) is 9.18. The molecule has 2 saturated heterocycles. The Morgan fingerprint density at radius 2 is 1.86 bits per heavy atom. The minimum atomic E-state index is 0.0646. The maximum absolute atomic E-state index is 9.72. The SMILES string of the molecule is COc1cc(Nc2nccc(-c3ccc(OC4CCOCC4)c(C#N)c3)n2)cnc1N1CCN(C)CC1. The lowest BCUT2D eigenvalue weighted by Gasteiger charge is -2.33. The van der Waals surface area contributed by atoms with E-state index in [-0.39, 0.29) is 6.10 Å². The number of hydrogen-bond acceptors (Lipinski definition) is 10. The molecule has 0 radical (unpaired) electrons. The Bertz CT molecular complexity index is 1270. The molecule has 0 aliphatic carbocycles. The quantitative estimate of drug-likeness (QED) is 0.517. The van der Waals surface area contributed by atoms with Crippen LogP contribution in [0.1, 0.15) is 18.4 Å². The minimum absolute atomic E-state index is 0.0646. The fourth-order valence-corrected chi connectivity index (χ4v) is 4.47. The van der Waals surface area contributed by atoms with Crippen LogP contribution in [0.2, 0.25) is 0 Å². The van der Waals surface area contributed by atoms with E-state index in [1.807, 2.05) is 24.3 Å². The van der Waals surface area contributed by atoms with Crippen LogP contribution in [0.4, 0.5) is 17.5 Å². The van der Waals surface area contributed by atoms with Crippen LogP contribution in [0.25, 0.3) is 11.3 Å². The molecule has 10 heteroatoms. The number of anilines is 3. The first-order valence-corrected chi connectivity index (χ1v) is 12.5. The number of nitriles is 1. The maximum Gasteiger partial charge on any atom is 0.227 e. The van der Waals surface area contributed by atoms with Crippen LogP contribution in [0.15, 0.2) is 42.7 Å². The Labute approximate surface area is 216 Å². The smallest absolute Gasteiger partial charge is 0.227 e. The summed E-state index contributed by atoms with van der Waals surface area (Å²) in [6, 6.07) is 11.5. The molecule has 2 fully saturated rings. The summed E-state index contributed by atoms with van der Waals surface area (Å²) in [4.78, 5) is 18.2. The lowest BCUT2D eigenvalue weighted by atomic mass is 10.1. The van der Waals surface area contributed by atoms with Crippen molar-refractivity contribution < 1.29 is 14.2 Å². The van der Waals surface area contributed by atoms with Gasteiger partial charge in [-0.2, -0.15) is 5.26 Å². The van der Waals surface area contributed by atoms with Crippen molar-refractivity contribution in [1.29, 1.82) is 5.26 Å². The normalized spacial score (nSPS) is 16.7. The van der Waals surface area contributed by atoms with Gasteiger partial charge in [0.05, 0.1) is 43.5 Å². The molecule has 10 nitrogen and oxygen atoms in total. The van der Waals surface area contributed by atoms with Gasteiger partial charge < -0.3 is 29.3 Å². The predicted octanol–water partition coefficient (Wildman–Crippen LogP) is 3.47. The Kier molecular flexibility index (Phi) is 7.63. The first-order valence-electron chi connectivity index (χ1n) is 12.5. The topological polar surface area (TPSA) is 109 Å². The van der Waals surface area contributed by atoms with E-state index in [1.54, 1.807) is 25.6 Å². The van der Waals surface area contributed by atoms with Crippen LogP contribution >= 0.6 is 0 Å². The molecule has 4 heterocycles. The van der Waals surface area contributed by atoms with Crippen molar-refractivity contribution in [2.75, 3.05) is 63.8 Å². The van der Waals surface area contributed by atoms with E-state index in [0.29, 0.717) is 41.9 Å². The summed E-state index contributed by atoms with van der Waals surface area (Å²) in [5.74, 6) is 2.55. The van der Waals surface area contributed by atoms with E-state index < -0.39 is 0 Å². The molecule has 0 atom stereocenters. The number of benzene rings is 1. The number of methoxy groups -OCH3 is 1. The Balaban J connectivity index is 1.32. The lowest BCUT2D eigenvalue weighted by molar-refractivity contribution is 0.0254. The van der Waals surface area contributed by atoms with Crippen molar-refractivity contribution in [3.63, 3.8) is 0 Å². The van der Waals surface area contributed by atoms with Gasteiger partial charge in [0.25, 0.3) is 0 Å². The van der Waals surface area contributed by atoms with Gasteiger partial charge >= 0.3 is 0 Å². The van der Waals surface area contributed by atoms with Crippen molar-refractivity contribution in [3.8, 4) is 28.8 Å². The van der Waals surface area contributed by atoms with Gasteiger partial charge in [-0.05, 0) is 31.3 Å². The summed E-state index contributed by atoms with van der Waals surface area (Å²) in [5.41, 5.74) is 2.71. The third kappa shape index (κ3) is 5.90. The zero-order chi connectivity index (χ0) is 25.6. The van der Waals surface area contributed by atoms with Crippen LogP contribution in [0.5, 0.6) is 11.5 Å². The number of aromatic nitrogens is 3. The third-order valence-corrected chi connectivity index (χ3v) is 6.63. The summed E-state index contributed by atoms with van der Waals surface area (Å²) in [6.07, 6.45) is 5.16. The molecule has 3 aromatic rings. The summed E-state index contributed by atoms with van der Waals surface area (Å²) in [6.45, 7) is 5.15. The van der Waals surface area contributed by atoms with Gasteiger partial charge in [-0.15, -0.1) is 0 Å². The largest absolute Gasteiger partial charge is 0.493 e. The van der Waals surface area contributed by atoms with Crippen LogP contribution < -0.4 is 19.7 Å². The molecule has 5 rings (SSSR count). The standard InChI is InChI=1S/C27H31N7O3/c1-33-9-11-34(12-10-33)26-25(35-2)16-21(18-30-26)31-27-29-8-5-23(32-27)19-3-4-24(20(15-19)17-28)37-22-6-13-36-14-7-22/h3-5,8,15-16,18,22H,6-7,9-14H2,1-2H3,(H,29,31,32). The fraction of sp³-hybridized carbons (Fsp3) is 0.407. The Morgan fingerprint density at radius 1 is 1.05 bits per heavy atom. The van der Waals surface area contributed by atoms with E-state index in [4.69, 9.17) is 14.2 Å². The van der Waals surface area contributed by atoms with Gasteiger partial charge in [0.2, 0.25) is 5.95 Å². The first-order chi connectivity index (χ1) is 18.1. The van der Waals surface area contributed by atoms with Gasteiger partial charge in [0.1, 0.15) is 17.9 Å². The van der Waals surface area contributed by atoms with E-state index >= 15 is 0 Å². The molecule has 1 N–H and O–H groups in total. The number of rotatable bonds is 7. The molecule has 1 aromatic carbocycles. The van der Waals surface area contributed by atoms with Crippen molar-refractivity contribution >= 4 is 17.5 Å². The number of ether oxygens (including phenoxy) is 3. The van der Waals surface area contributed by atoms with Crippen molar-refractivity contribution in [1.82, 2.24) is 19.9 Å². The number of nitrogens with one attached hydrogen (secondary N) is 1. The van der Waals surface area contributed by atoms with E-state index in [9.17, 15) is 5.26 Å². The molecule has 0 bridgehead atoms. The number of hydrogen-bond donors (Lipinski definition) is 1. The lowest BCUT2D eigenvalue weighted by Crippen LogP contribution is -2.44. The fourth-order valence-electron chi connectivity index (χ4n) is 4.47. The second kappa shape index (κ2) is 11.4. The van der Waals surface area contributed by atoms with Crippen molar-refractivity contribution in [3.05, 3.63) is 48.3 Å². The first kappa shape index (κ1) is 24.7. The molecule has 0 amide bonds. The molecular formula is C27H31N7O3. The van der Waals surface area contributed by atoms with Gasteiger partial charge in [0.15, 0.2) is 11.6 Å². The van der Waals surface area contributed by atoms with Crippen LogP contribution in [0, 0.1) is 11.3 Å². The Morgan fingerprint density at radius 3 is 2.62 bits per heavy atom. The highest BCUT2D eigenvalue weighted by atomic mass is 16.5. The van der Waals surface area contributed by atoms with Gasteiger partial charge in [-0.3, -0.25) is 0 Å². The molecule has 0 unspecified atom stereocenters. The number of piperazine rings is 1. The molecule has 0 spiro atoms. The number of nitrogens with zero attached hydrogens (tertiary/aromatic N) is 6. The minimum Gasteiger partial charge on any atom is -0.493 e. The summed E-state index contributed by atoms with van der Waals surface area (Å²) < 4.78 is 17.1. The zero-order valence-corrected chi connectivity index (χ0v) is 21.2. The highest BCUT2D eigenvalue weighted by molar-refractivity contribution is 5.67. The van der Waals surface area contributed by atoms with Crippen molar-refractivity contribution in [2.24, 2.45) is 0 Å². The van der Waals surface area contributed by atoms with Crippen LogP contribution in [-0.2, 0) is 4.74 Å². The maximum atomic E-state index is 9.72. The van der Waals surface area contributed by atoms with Gasteiger partial charge in [0, 0.05) is 56.8 Å². The highest BCUT2D eigenvalue weighted by Crippen LogP contribution is 2.31. The Hall–Kier alpha value is -3.94. The van der Waals surface area contributed by atoms with Gasteiger partial charge in [-0.25, -0.2) is 15.0 Å². The number of pyridine rings is 1. The van der Waals surface area contributed by atoms with E-state index in [2.05, 4.69) is 43.2 Å². The van der Waals surface area contributed by atoms with E-state index in [0.717, 1.165) is 56.1 Å². The second-order valence-electron chi connectivity index (χ2n) is 9.18. The van der Waals surface area contributed by atoms with Crippen molar-refractivity contribution in [2.45, 2.75) is 18.9 Å². The summed E-state index contributed by atoms with van der Waals surface area (Å²) >= 11 is 0. The molecule has 0 saturated carbocycles. The molecule has 192 valence electrons. The third-order valence-electron chi connectivity index (χ3n) is 6.63. The van der Waals surface area contributed by atoms with Crippen LogP contribution in [-0.4, -0.2) is 79.5 Å². The molecule has 2 aromatic heterocycles. The average molecular weight is 502 g/mol. The monoisotopic (exact) mass is 501 g/mol. The molecule has 37 heavy (non-hydrogen) atoms.